The van der Waals surface area contributed by atoms with Crippen LogP contribution in [0.1, 0.15) is 45.4 Å². The predicted octanol–water partition coefficient (Wildman–Crippen LogP) is 7.19. The molecule has 0 saturated heterocycles. The molecule has 5 heteroatoms. The van der Waals surface area contributed by atoms with Gasteiger partial charge in [-0.3, -0.25) is 4.52 Å². The molecular formula is C22H29O4P. The zero-order valence-corrected chi connectivity index (χ0v) is 16.9. The molecule has 0 aromatic heterocycles. The van der Waals surface area contributed by atoms with E-state index in [1.165, 1.54) is 25.7 Å². The van der Waals surface area contributed by atoms with E-state index in [1.54, 1.807) is 48.5 Å². The van der Waals surface area contributed by atoms with Crippen molar-refractivity contribution in [3.63, 3.8) is 0 Å². The Kier molecular flexibility index (Phi) is 9.75. The summed E-state index contributed by atoms with van der Waals surface area (Å²) in [7, 11) is -3.78. The largest absolute Gasteiger partial charge is 0.587 e. The molecule has 0 fully saturated rings. The molecule has 0 amide bonds. The molecule has 27 heavy (non-hydrogen) atoms. The standard InChI is InChI=1S/C22H29O4P/c1-2-3-4-5-6-7-8-15-20-24-27(23,25-21-16-11-9-12-17-21)26-22-18-13-10-14-19-22/h8-19H,2-7,20H2,1H3/b15-8+. The maximum Gasteiger partial charge on any atom is 0.587 e. The summed E-state index contributed by atoms with van der Waals surface area (Å²) < 4.78 is 29.7. The lowest BCUT2D eigenvalue weighted by Gasteiger charge is -2.18. The number of phosphoric ester groups is 1. The summed E-state index contributed by atoms with van der Waals surface area (Å²) in [5, 5.41) is 0. The zero-order chi connectivity index (χ0) is 19.2. The van der Waals surface area contributed by atoms with E-state index in [4.69, 9.17) is 13.6 Å². The van der Waals surface area contributed by atoms with E-state index in [2.05, 4.69) is 13.0 Å². The number of para-hydroxylation sites is 2. The highest BCUT2D eigenvalue weighted by Gasteiger charge is 2.30. The number of allylic oxidation sites excluding steroid dienone is 1. The SMILES string of the molecule is CCCCCCC/C=C/COP(=O)(Oc1ccccc1)Oc1ccccc1. The number of benzene rings is 2. The number of hydrogen-bond donors (Lipinski definition) is 0. The Bertz CT molecular complexity index is 655. The molecule has 0 radical (unpaired) electrons. The topological polar surface area (TPSA) is 44.8 Å². The smallest absolute Gasteiger partial charge is 0.395 e. The Morgan fingerprint density at radius 1 is 0.778 bits per heavy atom. The molecule has 0 unspecified atom stereocenters. The van der Waals surface area contributed by atoms with E-state index in [-0.39, 0.29) is 6.61 Å². The van der Waals surface area contributed by atoms with Gasteiger partial charge in [-0.1, -0.05) is 81.2 Å². The summed E-state index contributed by atoms with van der Waals surface area (Å²) in [5.41, 5.74) is 0. The third kappa shape index (κ3) is 8.94. The van der Waals surface area contributed by atoms with Gasteiger partial charge in [-0.15, -0.1) is 0 Å². The minimum absolute atomic E-state index is 0.173. The lowest BCUT2D eigenvalue weighted by atomic mass is 10.1. The second-order valence-corrected chi connectivity index (χ2v) is 7.74. The van der Waals surface area contributed by atoms with Gasteiger partial charge in [-0.25, -0.2) is 4.57 Å². The average molecular weight is 388 g/mol. The van der Waals surface area contributed by atoms with Crippen molar-refractivity contribution in [1.82, 2.24) is 0 Å². The summed E-state index contributed by atoms with van der Waals surface area (Å²) in [6.07, 6.45) is 11.2. The van der Waals surface area contributed by atoms with Crippen LogP contribution in [-0.4, -0.2) is 6.61 Å². The Morgan fingerprint density at radius 2 is 1.33 bits per heavy atom. The lowest BCUT2D eigenvalue weighted by molar-refractivity contribution is 0.229. The van der Waals surface area contributed by atoms with Gasteiger partial charge >= 0.3 is 7.82 Å². The normalized spacial score (nSPS) is 11.6. The lowest BCUT2D eigenvalue weighted by Crippen LogP contribution is -2.05. The molecule has 0 N–H and O–H groups in total. The fourth-order valence-corrected chi connectivity index (χ4v) is 3.65. The second kappa shape index (κ2) is 12.4. The van der Waals surface area contributed by atoms with Gasteiger partial charge in [0.15, 0.2) is 0 Å². The highest BCUT2D eigenvalue weighted by Crippen LogP contribution is 2.49. The summed E-state index contributed by atoms with van der Waals surface area (Å²) in [6, 6.07) is 17.8. The van der Waals surface area contributed by atoms with Gasteiger partial charge in [0.2, 0.25) is 0 Å². The minimum atomic E-state index is -3.78. The van der Waals surface area contributed by atoms with Crippen LogP contribution in [0.25, 0.3) is 0 Å². The van der Waals surface area contributed by atoms with Crippen LogP contribution >= 0.6 is 7.82 Å². The van der Waals surface area contributed by atoms with E-state index < -0.39 is 7.82 Å². The van der Waals surface area contributed by atoms with Crippen molar-refractivity contribution in [3.05, 3.63) is 72.8 Å². The van der Waals surface area contributed by atoms with Crippen molar-refractivity contribution in [2.75, 3.05) is 6.61 Å². The number of rotatable bonds is 13. The van der Waals surface area contributed by atoms with Crippen molar-refractivity contribution in [1.29, 1.82) is 0 Å². The van der Waals surface area contributed by atoms with Crippen LogP contribution in [0.4, 0.5) is 0 Å². The highest BCUT2D eigenvalue weighted by molar-refractivity contribution is 7.49. The van der Waals surface area contributed by atoms with E-state index in [0.29, 0.717) is 11.5 Å². The van der Waals surface area contributed by atoms with Crippen molar-refractivity contribution < 1.29 is 18.1 Å². The van der Waals surface area contributed by atoms with Crippen LogP contribution in [-0.2, 0) is 9.09 Å². The predicted molar refractivity (Wildman–Crippen MR) is 110 cm³/mol. The molecule has 2 aromatic rings. The van der Waals surface area contributed by atoms with Crippen LogP contribution in [0.5, 0.6) is 11.5 Å². The summed E-state index contributed by atoms with van der Waals surface area (Å²) in [4.78, 5) is 0. The third-order valence-electron chi connectivity index (χ3n) is 3.89. The summed E-state index contributed by atoms with van der Waals surface area (Å²) in [6.45, 7) is 2.39. The van der Waals surface area contributed by atoms with Gasteiger partial charge in [0.05, 0.1) is 6.61 Å². The molecule has 4 nitrogen and oxygen atoms in total. The van der Waals surface area contributed by atoms with Crippen molar-refractivity contribution in [3.8, 4) is 11.5 Å². The van der Waals surface area contributed by atoms with E-state index in [9.17, 15) is 4.57 Å². The first-order chi connectivity index (χ1) is 13.2. The molecule has 0 heterocycles. The van der Waals surface area contributed by atoms with Crippen molar-refractivity contribution >= 4 is 7.82 Å². The molecule has 0 aliphatic carbocycles. The number of phosphoric acid groups is 1. The first-order valence-corrected chi connectivity index (χ1v) is 11.1. The molecule has 0 aliphatic heterocycles. The monoisotopic (exact) mass is 388 g/mol. The molecule has 2 aromatic carbocycles. The maximum absolute atomic E-state index is 13.1. The van der Waals surface area contributed by atoms with Crippen LogP contribution in [0, 0.1) is 0 Å². The minimum Gasteiger partial charge on any atom is -0.395 e. The maximum atomic E-state index is 13.1. The van der Waals surface area contributed by atoms with Crippen LogP contribution < -0.4 is 9.05 Å². The van der Waals surface area contributed by atoms with Gasteiger partial charge in [-0.05, 0) is 37.1 Å². The first kappa shape index (κ1) is 21.3. The van der Waals surface area contributed by atoms with Gasteiger partial charge in [0.25, 0.3) is 0 Å². The van der Waals surface area contributed by atoms with Crippen LogP contribution in [0.3, 0.4) is 0 Å². The van der Waals surface area contributed by atoms with Crippen LogP contribution in [0.15, 0.2) is 72.8 Å². The number of hydrogen-bond acceptors (Lipinski definition) is 4. The molecule has 0 saturated carbocycles. The van der Waals surface area contributed by atoms with Crippen molar-refractivity contribution in [2.45, 2.75) is 45.4 Å². The highest BCUT2D eigenvalue weighted by atomic mass is 31.2. The summed E-state index contributed by atoms with van der Waals surface area (Å²) in [5.74, 6) is 0.883. The Morgan fingerprint density at radius 3 is 1.89 bits per heavy atom. The quantitative estimate of drug-likeness (QED) is 0.207. The van der Waals surface area contributed by atoms with Gasteiger partial charge in [-0.2, -0.15) is 0 Å². The van der Waals surface area contributed by atoms with Crippen LogP contribution in [0.2, 0.25) is 0 Å². The molecule has 0 spiro atoms. The fourth-order valence-electron chi connectivity index (χ4n) is 2.48. The average Bonchev–Trinajstić information content (AvgIpc) is 2.68. The van der Waals surface area contributed by atoms with Gasteiger partial charge < -0.3 is 9.05 Å². The van der Waals surface area contributed by atoms with E-state index >= 15 is 0 Å². The van der Waals surface area contributed by atoms with E-state index in [0.717, 1.165) is 12.8 Å². The molecule has 2 rings (SSSR count). The fraction of sp³-hybridized carbons (Fsp3) is 0.364. The molecule has 146 valence electrons. The molecule has 0 atom stereocenters. The second-order valence-electron chi connectivity index (χ2n) is 6.23. The Balaban J connectivity index is 1.87. The van der Waals surface area contributed by atoms with Crippen molar-refractivity contribution in [2.24, 2.45) is 0 Å². The third-order valence-corrected chi connectivity index (χ3v) is 5.22. The molecule has 0 bridgehead atoms. The Labute approximate surface area is 162 Å². The summed E-state index contributed by atoms with van der Waals surface area (Å²) >= 11 is 0. The Hall–Kier alpha value is -2.03. The van der Waals surface area contributed by atoms with E-state index in [1.807, 2.05) is 18.2 Å². The first-order valence-electron chi connectivity index (χ1n) is 9.61. The van der Waals surface area contributed by atoms with Gasteiger partial charge in [0.1, 0.15) is 11.5 Å². The number of unbranched alkanes of at least 4 members (excludes halogenated alkanes) is 5. The molecule has 0 aliphatic rings. The van der Waals surface area contributed by atoms with Gasteiger partial charge in [0, 0.05) is 0 Å². The molecular weight excluding hydrogens is 359 g/mol. The zero-order valence-electron chi connectivity index (χ0n) is 16.0.